The van der Waals surface area contributed by atoms with Crippen molar-refractivity contribution in [2.24, 2.45) is 0 Å². The van der Waals surface area contributed by atoms with E-state index in [1.54, 1.807) is 18.3 Å². The minimum Gasteiger partial charge on any atom is -0.508 e. The molecule has 4 heteroatoms. The molecule has 0 radical (unpaired) electrons. The van der Waals surface area contributed by atoms with Crippen LogP contribution in [0.2, 0.25) is 5.15 Å². The molecule has 20 heavy (non-hydrogen) atoms. The first-order valence-electron chi connectivity index (χ1n) is 6.33. The van der Waals surface area contributed by atoms with Gasteiger partial charge in [0.2, 0.25) is 0 Å². The number of hydrogen-bond donors (Lipinski definition) is 2. The number of nitrogens with one attached hydrogen (secondary N) is 1. The highest BCUT2D eigenvalue weighted by molar-refractivity contribution is 6.38. The van der Waals surface area contributed by atoms with Crippen LogP contribution in [0, 0.1) is 6.92 Å². The van der Waals surface area contributed by atoms with Crippen molar-refractivity contribution in [3.63, 3.8) is 0 Å². The van der Waals surface area contributed by atoms with Gasteiger partial charge < -0.3 is 10.1 Å². The van der Waals surface area contributed by atoms with Crippen LogP contribution in [-0.4, -0.2) is 15.1 Å². The number of phenolic OH excluding ortho intramolecular Hbond substituents is 1. The van der Waals surface area contributed by atoms with Gasteiger partial charge in [0.05, 0.1) is 5.52 Å². The van der Waals surface area contributed by atoms with Crippen LogP contribution in [0.3, 0.4) is 0 Å². The van der Waals surface area contributed by atoms with E-state index in [1.165, 1.54) is 0 Å². The maximum absolute atomic E-state index is 9.62. The number of aryl methyl sites for hydroxylation is 1. The number of benzene rings is 2. The highest BCUT2D eigenvalue weighted by Crippen LogP contribution is 2.37. The van der Waals surface area contributed by atoms with Crippen molar-refractivity contribution >= 4 is 44.2 Å². The molecule has 0 aliphatic heterocycles. The maximum Gasteiger partial charge on any atom is 0.139 e. The largest absolute Gasteiger partial charge is 0.508 e. The molecule has 2 N–H and O–H groups in total. The van der Waals surface area contributed by atoms with E-state index < -0.39 is 0 Å². The van der Waals surface area contributed by atoms with Gasteiger partial charge in [0.1, 0.15) is 10.9 Å². The molecule has 0 fully saturated rings. The number of aromatic amines is 1. The van der Waals surface area contributed by atoms with Crippen LogP contribution in [0.5, 0.6) is 5.75 Å². The number of nitrogens with zero attached hydrogens (tertiary/aromatic N) is 1. The van der Waals surface area contributed by atoms with Crippen molar-refractivity contribution in [2.75, 3.05) is 0 Å². The molecule has 0 saturated carbocycles. The molecule has 0 aliphatic rings. The van der Waals surface area contributed by atoms with Gasteiger partial charge in [-0.15, -0.1) is 0 Å². The number of hydrogen-bond acceptors (Lipinski definition) is 2. The number of pyridine rings is 1. The number of rotatable bonds is 0. The lowest BCUT2D eigenvalue weighted by Crippen LogP contribution is -1.81. The molecule has 0 saturated heterocycles. The van der Waals surface area contributed by atoms with E-state index in [4.69, 9.17) is 11.6 Å². The molecular weight excluding hydrogens is 272 g/mol. The van der Waals surface area contributed by atoms with Crippen LogP contribution in [0.25, 0.3) is 32.6 Å². The predicted octanol–water partition coefficient (Wildman–Crippen LogP) is 4.54. The van der Waals surface area contributed by atoms with Crippen LogP contribution in [0.4, 0.5) is 0 Å². The Balaban J connectivity index is 2.34. The lowest BCUT2D eigenvalue weighted by atomic mass is 10.0. The molecule has 0 aliphatic carbocycles. The van der Waals surface area contributed by atoms with Crippen LogP contribution in [0.15, 0.2) is 36.5 Å². The lowest BCUT2D eigenvalue weighted by molar-refractivity contribution is 0.476. The first-order valence-corrected chi connectivity index (χ1v) is 6.71. The van der Waals surface area contributed by atoms with Crippen molar-refractivity contribution in [2.45, 2.75) is 6.92 Å². The van der Waals surface area contributed by atoms with Gasteiger partial charge in [-0.25, -0.2) is 4.98 Å². The second-order valence-electron chi connectivity index (χ2n) is 5.00. The van der Waals surface area contributed by atoms with E-state index in [0.717, 1.165) is 38.1 Å². The summed E-state index contributed by atoms with van der Waals surface area (Å²) in [6.07, 6.45) is 1.77. The summed E-state index contributed by atoms with van der Waals surface area (Å²) in [5.74, 6) is 0.261. The first kappa shape index (κ1) is 11.6. The van der Waals surface area contributed by atoms with Crippen molar-refractivity contribution in [1.82, 2.24) is 9.97 Å². The SMILES string of the molecule is Cc1cnc(Cl)c2c1[nH]c1ccc3cc(O)ccc3c12. The third-order valence-corrected chi connectivity index (χ3v) is 4.02. The van der Waals surface area contributed by atoms with Gasteiger partial charge in [-0.3, -0.25) is 0 Å². The Morgan fingerprint density at radius 3 is 2.85 bits per heavy atom. The number of fused-ring (bicyclic) bond motifs is 5. The second-order valence-corrected chi connectivity index (χ2v) is 5.36. The quantitative estimate of drug-likeness (QED) is 0.465. The fourth-order valence-corrected chi connectivity index (χ4v) is 3.04. The summed E-state index contributed by atoms with van der Waals surface area (Å²) in [4.78, 5) is 7.66. The summed E-state index contributed by atoms with van der Waals surface area (Å²) >= 11 is 6.30. The highest BCUT2D eigenvalue weighted by Gasteiger charge is 2.13. The Bertz CT molecular complexity index is 988. The van der Waals surface area contributed by atoms with Gasteiger partial charge >= 0.3 is 0 Å². The topological polar surface area (TPSA) is 48.9 Å². The smallest absolute Gasteiger partial charge is 0.139 e. The van der Waals surface area contributed by atoms with Crippen LogP contribution in [-0.2, 0) is 0 Å². The zero-order valence-electron chi connectivity index (χ0n) is 10.7. The maximum atomic E-state index is 9.62. The molecule has 0 amide bonds. The Labute approximate surface area is 119 Å². The standard InChI is InChI=1S/C16H11ClN2O/c1-8-7-18-16(17)14-13-11-4-3-10(20)6-9(11)2-5-12(13)19-15(8)14/h2-7,19-20H,1H3. The molecule has 4 rings (SSSR count). The van der Waals surface area contributed by atoms with E-state index >= 15 is 0 Å². The van der Waals surface area contributed by atoms with Gasteiger partial charge in [-0.1, -0.05) is 23.7 Å². The van der Waals surface area contributed by atoms with Gasteiger partial charge in [0.15, 0.2) is 0 Å². The van der Waals surface area contributed by atoms with Crippen molar-refractivity contribution in [3.8, 4) is 5.75 Å². The van der Waals surface area contributed by atoms with Gasteiger partial charge in [-0.05, 0) is 41.5 Å². The molecular formula is C16H11ClN2O. The zero-order chi connectivity index (χ0) is 13.9. The second kappa shape index (κ2) is 3.87. The fraction of sp³-hybridized carbons (Fsp3) is 0.0625. The van der Waals surface area contributed by atoms with Crippen molar-refractivity contribution in [1.29, 1.82) is 0 Å². The summed E-state index contributed by atoms with van der Waals surface area (Å²) in [5.41, 5.74) is 3.10. The summed E-state index contributed by atoms with van der Waals surface area (Å²) < 4.78 is 0. The molecule has 0 bridgehead atoms. The van der Waals surface area contributed by atoms with Gasteiger partial charge in [0, 0.05) is 22.5 Å². The summed E-state index contributed by atoms with van der Waals surface area (Å²) in [5, 5.41) is 14.2. The molecule has 98 valence electrons. The number of phenols is 1. The number of H-pyrrole nitrogens is 1. The highest BCUT2D eigenvalue weighted by atomic mass is 35.5. The van der Waals surface area contributed by atoms with Gasteiger partial charge in [-0.2, -0.15) is 0 Å². The Hall–Kier alpha value is -2.26. The van der Waals surface area contributed by atoms with E-state index in [1.807, 2.05) is 25.1 Å². The summed E-state index contributed by atoms with van der Waals surface area (Å²) in [6, 6.07) is 9.36. The van der Waals surface area contributed by atoms with Crippen molar-refractivity contribution in [3.05, 3.63) is 47.2 Å². The normalized spacial score (nSPS) is 11.7. The summed E-state index contributed by atoms with van der Waals surface area (Å²) in [6.45, 7) is 2.01. The average molecular weight is 283 g/mol. The van der Waals surface area contributed by atoms with Crippen LogP contribution in [0.1, 0.15) is 5.56 Å². The molecule has 4 aromatic rings. The lowest BCUT2D eigenvalue weighted by Gasteiger charge is -2.02. The minimum atomic E-state index is 0.261. The molecule has 0 atom stereocenters. The molecule has 0 spiro atoms. The zero-order valence-corrected chi connectivity index (χ0v) is 11.5. The monoisotopic (exact) mass is 282 g/mol. The third-order valence-electron chi connectivity index (χ3n) is 3.74. The Kier molecular flexibility index (Phi) is 2.24. The molecule has 2 heterocycles. The van der Waals surface area contributed by atoms with Crippen LogP contribution < -0.4 is 0 Å². The number of aromatic nitrogens is 2. The van der Waals surface area contributed by atoms with E-state index in [0.29, 0.717) is 5.15 Å². The Morgan fingerprint density at radius 1 is 1.15 bits per heavy atom. The fourth-order valence-electron chi connectivity index (χ4n) is 2.80. The minimum absolute atomic E-state index is 0.261. The Morgan fingerprint density at radius 2 is 2.00 bits per heavy atom. The number of aromatic hydroxyl groups is 1. The van der Waals surface area contributed by atoms with Gasteiger partial charge in [0.25, 0.3) is 0 Å². The molecule has 2 aromatic carbocycles. The van der Waals surface area contributed by atoms with E-state index in [-0.39, 0.29) is 5.75 Å². The van der Waals surface area contributed by atoms with E-state index in [2.05, 4.69) is 9.97 Å². The molecule has 0 unspecified atom stereocenters. The molecule has 3 nitrogen and oxygen atoms in total. The molecule has 2 aromatic heterocycles. The number of halogens is 1. The van der Waals surface area contributed by atoms with E-state index in [9.17, 15) is 5.11 Å². The predicted molar refractivity (Wildman–Crippen MR) is 82.5 cm³/mol. The van der Waals surface area contributed by atoms with Crippen LogP contribution >= 0.6 is 11.6 Å². The third kappa shape index (κ3) is 1.44. The van der Waals surface area contributed by atoms with Crippen molar-refractivity contribution < 1.29 is 5.11 Å². The summed E-state index contributed by atoms with van der Waals surface area (Å²) in [7, 11) is 0. The average Bonchev–Trinajstić information content (AvgIpc) is 2.83. The first-order chi connectivity index (χ1) is 9.65.